The fourth-order valence-electron chi connectivity index (χ4n) is 3.57. The molecule has 4 heteroatoms. The second kappa shape index (κ2) is 6.82. The van der Waals surface area contributed by atoms with Crippen molar-refractivity contribution in [3.63, 3.8) is 0 Å². The fraction of sp³-hybridized carbons (Fsp3) is 0.160. The Morgan fingerprint density at radius 2 is 1.31 bits per heavy atom. The molecule has 0 heterocycles. The number of amides is 1. The van der Waals surface area contributed by atoms with Crippen LogP contribution in [-0.4, -0.2) is 17.5 Å². The maximum absolute atomic E-state index is 13.0. The smallest absolute Gasteiger partial charge is 0.255 e. The number of rotatable bonds is 2. The Morgan fingerprint density at radius 1 is 0.724 bits per heavy atom. The third kappa shape index (κ3) is 3.27. The minimum Gasteiger partial charge on any atom is -0.321 e. The number of hydrogen-bond donors (Lipinski definition) is 1. The number of ketones is 2. The summed E-state index contributed by atoms with van der Waals surface area (Å²) in [4.78, 5) is 38.7. The van der Waals surface area contributed by atoms with E-state index in [0.29, 0.717) is 27.9 Å². The Labute approximate surface area is 169 Å². The number of carbonyl (C=O) groups excluding carboxylic acids is 3. The summed E-state index contributed by atoms with van der Waals surface area (Å²) in [6.07, 6.45) is 0. The van der Waals surface area contributed by atoms with Crippen LogP contribution in [0.3, 0.4) is 0 Å². The quantitative estimate of drug-likeness (QED) is 0.529. The second-order valence-electron chi connectivity index (χ2n) is 8.21. The van der Waals surface area contributed by atoms with Crippen molar-refractivity contribution in [2.45, 2.75) is 26.2 Å². The monoisotopic (exact) mass is 383 g/mol. The van der Waals surface area contributed by atoms with Crippen LogP contribution in [0.5, 0.6) is 0 Å². The SMILES string of the molecule is CC(C)(C)c1ccc(C(=O)Nc2cccc3c2C(=O)c2ccccc2C3=O)cc1. The fourth-order valence-corrected chi connectivity index (χ4v) is 3.57. The second-order valence-corrected chi connectivity index (χ2v) is 8.21. The van der Waals surface area contributed by atoms with Gasteiger partial charge in [-0.3, -0.25) is 14.4 Å². The molecule has 29 heavy (non-hydrogen) atoms. The molecule has 3 aromatic carbocycles. The Bertz CT molecular complexity index is 1150. The normalized spacial score (nSPS) is 12.9. The largest absolute Gasteiger partial charge is 0.321 e. The highest BCUT2D eigenvalue weighted by Crippen LogP contribution is 2.32. The highest BCUT2D eigenvalue weighted by atomic mass is 16.2. The van der Waals surface area contributed by atoms with Gasteiger partial charge in [0.1, 0.15) is 0 Å². The molecule has 0 spiro atoms. The van der Waals surface area contributed by atoms with Crippen molar-refractivity contribution in [1.29, 1.82) is 0 Å². The van der Waals surface area contributed by atoms with Gasteiger partial charge in [0.25, 0.3) is 5.91 Å². The highest BCUT2D eigenvalue weighted by molar-refractivity contribution is 6.30. The Hall–Kier alpha value is -3.53. The lowest BCUT2D eigenvalue weighted by Crippen LogP contribution is -2.24. The third-order valence-corrected chi connectivity index (χ3v) is 5.21. The molecule has 3 aromatic rings. The van der Waals surface area contributed by atoms with Crippen molar-refractivity contribution in [2.75, 3.05) is 5.32 Å². The topological polar surface area (TPSA) is 63.2 Å². The number of carbonyl (C=O) groups is 3. The van der Waals surface area contributed by atoms with Gasteiger partial charge in [-0.1, -0.05) is 69.3 Å². The van der Waals surface area contributed by atoms with Crippen molar-refractivity contribution in [2.24, 2.45) is 0 Å². The molecule has 0 radical (unpaired) electrons. The zero-order chi connectivity index (χ0) is 20.8. The molecule has 0 atom stereocenters. The predicted octanol–water partition coefficient (Wildman–Crippen LogP) is 5.01. The Balaban J connectivity index is 1.68. The Morgan fingerprint density at radius 3 is 1.93 bits per heavy atom. The molecule has 0 saturated carbocycles. The van der Waals surface area contributed by atoms with Gasteiger partial charge >= 0.3 is 0 Å². The average Bonchev–Trinajstić information content (AvgIpc) is 2.71. The molecular formula is C25H21NO3. The van der Waals surface area contributed by atoms with E-state index >= 15 is 0 Å². The summed E-state index contributed by atoms with van der Waals surface area (Å²) in [6, 6.07) is 19.1. The van der Waals surface area contributed by atoms with E-state index < -0.39 is 0 Å². The number of nitrogens with one attached hydrogen (secondary N) is 1. The van der Waals surface area contributed by atoms with Crippen molar-refractivity contribution < 1.29 is 14.4 Å². The molecule has 0 saturated heterocycles. The summed E-state index contributed by atoms with van der Waals surface area (Å²) in [5.74, 6) is -0.784. The van der Waals surface area contributed by atoms with Crippen LogP contribution in [0.15, 0.2) is 66.7 Å². The number of benzene rings is 3. The molecule has 0 aromatic heterocycles. The average molecular weight is 383 g/mol. The maximum atomic E-state index is 13.0. The summed E-state index contributed by atoms with van der Waals surface area (Å²) in [7, 11) is 0. The summed E-state index contributed by atoms with van der Waals surface area (Å²) in [6.45, 7) is 6.33. The molecule has 1 aliphatic rings. The van der Waals surface area contributed by atoms with E-state index in [-0.39, 0.29) is 28.5 Å². The lowest BCUT2D eigenvalue weighted by molar-refractivity contribution is 0.0978. The minimum absolute atomic E-state index is 0.00627. The first-order chi connectivity index (χ1) is 13.8. The molecule has 0 bridgehead atoms. The van der Waals surface area contributed by atoms with E-state index in [1.54, 1.807) is 54.6 Å². The van der Waals surface area contributed by atoms with Gasteiger partial charge < -0.3 is 5.32 Å². The van der Waals surface area contributed by atoms with Crippen LogP contribution in [0.4, 0.5) is 5.69 Å². The summed E-state index contributed by atoms with van der Waals surface area (Å²) in [5, 5.41) is 2.81. The number of anilines is 1. The molecule has 1 aliphatic carbocycles. The van der Waals surface area contributed by atoms with E-state index in [0.717, 1.165) is 5.56 Å². The van der Waals surface area contributed by atoms with Crippen LogP contribution >= 0.6 is 0 Å². The first-order valence-electron chi connectivity index (χ1n) is 9.51. The standard InChI is InChI=1S/C25H21NO3/c1-25(2,3)16-13-11-15(12-14-16)24(29)26-20-10-6-9-19-21(20)23(28)18-8-5-4-7-17(18)22(19)27/h4-14H,1-3H3,(H,26,29). The van der Waals surface area contributed by atoms with Gasteiger partial charge in [0.2, 0.25) is 0 Å². The van der Waals surface area contributed by atoms with Crippen LogP contribution in [-0.2, 0) is 5.41 Å². The van der Waals surface area contributed by atoms with E-state index in [4.69, 9.17) is 0 Å². The molecular weight excluding hydrogens is 362 g/mol. The van der Waals surface area contributed by atoms with Crippen LogP contribution in [0.1, 0.15) is 68.5 Å². The Kier molecular flexibility index (Phi) is 4.42. The van der Waals surface area contributed by atoms with Gasteiger partial charge in [-0.05, 0) is 29.2 Å². The molecule has 0 unspecified atom stereocenters. The van der Waals surface area contributed by atoms with Gasteiger partial charge in [-0.15, -0.1) is 0 Å². The molecule has 0 aliphatic heterocycles. The van der Waals surface area contributed by atoms with Gasteiger partial charge in [-0.2, -0.15) is 0 Å². The first-order valence-corrected chi connectivity index (χ1v) is 9.51. The molecule has 1 amide bonds. The molecule has 4 nitrogen and oxygen atoms in total. The van der Waals surface area contributed by atoms with Crippen molar-refractivity contribution in [1.82, 2.24) is 0 Å². The summed E-state index contributed by atoms with van der Waals surface area (Å²) in [5.41, 5.74) is 3.28. The predicted molar refractivity (Wildman–Crippen MR) is 113 cm³/mol. The molecule has 1 N–H and O–H groups in total. The molecule has 0 fully saturated rings. The van der Waals surface area contributed by atoms with E-state index in [2.05, 4.69) is 26.1 Å². The van der Waals surface area contributed by atoms with Crippen molar-refractivity contribution in [3.8, 4) is 0 Å². The molecule has 4 rings (SSSR count). The van der Waals surface area contributed by atoms with Crippen LogP contribution < -0.4 is 5.32 Å². The van der Waals surface area contributed by atoms with Gasteiger partial charge in [0.15, 0.2) is 11.6 Å². The van der Waals surface area contributed by atoms with Crippen molar-refractivity contribution in [3.05, 3.63) is 100 Å². The highest BCUT2D eigenvalue weighted by Gasteiger charge is 2.31. The minimum atomic E-state index is -0.321. The maximum Gasteiger partial charge on any atom is 0.255 e. The van der Waals surface area contributed by atoms with Crippen LogP contribution in [0.2, 0.25) is 0 Å². The first kappa shape index (κ1) is 18.8. The van der Waals surface area contributed by atoms with Crippen molar-refractivity contribution >= 4 is 23.2 Å². The zero-order valence-corrected chi connectivity index (χ0v) is 16.6. The lowest BCUT2D eigenvalue weighted by atomic mass is 9.83. The van der Waals surface area contributed by atoms with Gasteiger partial charge in [-0.25, -0.2) is 0 Å². The van der Waals surface area contributed by atoms with E-state index in [1.165, 1.54) is 0 Å². The summed E-state index contributed by atoms with van der Waals surface area (Å²) < 4.78 is 0. The summed E-state index contributed by atoms with van der Waals surface area (Å²) >= 11 is 0. The van der Waals surface area contributed by atoms with Crippen LogP contribution in [0.25, 0.3) is 0 Å². The van der Waals surface area contributed by atoms with Gasteiger partial charge in [0, 0.05) is 22.3 Å². The lowest BCUT2D eigenvalue weighted by Gasteiger charge is -2.21. The number of hydrogen-bond acceptors (Lipinski definition) is 3. The van der Waals surface area contributed by atoms with E-state index in [1.807, 2.05) is 12.1 Å². The third-order valence-electron chi connectivity index (χ3n) is 5.21. The van der Waals surface area contributed by atoms with Crippen LogP contribution in [0, 0.1) is 0 Å². The zero-order valence-electron chi connectivity index (χ0n) is 16.6. The van der Waals surface area contributed by atoms with Gasteiger partial charge in [0.05, 0.1) is 11.3 Å². The number of fused-ring (bicyclic) bond motifs is 2. The van der Waals surface area contributed by atoms with E-state index in [9.17, 15) is 14.4 Å². The molecule has 144 valence electrons.